The molecule has 10 heteroatoms. The summed E-state index contributed by atoms with van der Waals surface area (Å²) in [5.74, 6) is -0.682. The Morgan fingerprint density at radius 2 is 2.19 bits per heavy atom. The number of para-hydroxylation sites is 1. The highest BCUT2D eigenvalue weighted by atomic mass is 32.1. The number of nitrogens with zero attached hydrogens (tertiary/aromatic N) is 4. The number of carbonyl (C=O) groups excluding carboxylic acids is 1. The fourth-order valence-corrected chi connectivity index (χ4v) is 3.01. The van der Waals surface area contributed by atoms with Crippen molar-refractivity contribution in [2.75, 3.05) is 0 Å². The average Bonchev–Trinajstić information content (AvgIpc) is 3.01. The number of aromatic nitrogens is 3. The third-order valence-corrected chi connectivity index (χ3v) is 4.17. The van der Waals surface area contributed by atoms with Crippen LogP contribution in [-0.4, -0.2) is 25.5 Å². The number of nitro benzene ring substituents is 1. The number of aryl methyl sites for hydroxylation is 1. The lowest BCUT2D eigenvalue weighted by Crippen LogP contribution is -2.14. The Kier molecular flexibility index (Phi) is 4.85. The van der Waals surface area contributed by atoms with E-state index >= 15 is 0 Å². The van der Waals surface area contributed by atoms with E-state index in [2.05, 4.69) is 10.1 Å². The van der Waals surface area contributed by atoms with Crippen molar-refractivity contribution in [1.29, 1.82) is 0 Å². The maximum atomic E-state index is 11.8. The van der Waals surface area contributed by atoms with Gasteiger partial charge in [-0.15, -0.1) is 0 Å². The molecular weight excluding hydrogens is 360 g/mol. The van der Waals surface area contributed by atoms with Gasteiger partial charge in [-0.25, -0.2) is 9.78 Å². The Labute approximate surface area is 150 Å². The molecule has 3 rings (SSSR count). The van der Waals surface area contributed by atoms with Crippen molar-refractivity contribution >= 4 is 34.0 Å². The van der Waals surface area contributed by atoms with Crippen LogP contribution in [0.1, 0.15) is 16.3 Å². The standard InChI is InChI=1S/C16H12N4O5S/c1-10-8-14(21)19-16(17-10)26-13(18-19)9-25-15(22)7-6-11-4-2-3-5-12(11)20(23)24/h2-8H,9H2,1H3/b7-6+. The molecule has 0 radical (unpaired) electrons. The predicted octanol–water partition coefficient (Wildman–Crippen LogP) is 2.12. The smallest absolute Gasteiger partial charge is 0.331 e. The van der Waals surface area contributed by atoms with Gasteiger partial charge in [-0.3, -0.25) is 14.9 Å². The summed E-state index contributed by atoms with van der Waals surface area (Å²) in [5.41, 5.74) is 0.455. The molecule has 9 nitrogen and oxygen atoms in total. The van der Waals surface area contributed by atoms with E-state index in [9.17, 15) is 19.7 Å². The van der Waals surface area contributed by atoms with Crippen molar-refractivity contribution in [3.8, 4) is 0 Å². The number of carbonyl (C=O) groups is 1. The van der Waals surface area contributed by atoms with Crippen molar-refractivity contribution in [2.45, 2.75) is 13.5 Å². The molecule has 0 saturated heterocycles. The zero-order valence-electron chi connectivity index (χ0n) is 13.5. The number of hydrogen-bond acceptors (Lipinski definition) is 8. The van der Waals surface area contributed by atoms with E-state index in [4.69, 9.17) is 4.74 Å². The molecule has 0 aliphatic carbocycles. The highest BCUT2D eigenvalue weighted by Gasteiger charge is 2.11. The molecule has 1 aromatic carbocycles. The van der Waals surface area contributed by atoms with E-state index in [1.807, 2.05) is 0 Å². The summed E-state index contributed by atoms with van der Waals surface area (Å²) in [6, 6.07) is 7.40. The van der Waals surface area contributed by atoms with Crippen LogP contribution in [0, 0.1) is 17.0 Å². The Balaban J connectivity index is 1.69. The van der Waals surface area contributed by atoms with Crippen LogP contribution in [0.2, 0.25) is 0 Å². The second-order valence-corrected chi connectivity index (χ2v) is 6.22. The van der Waals surface area contributed by atoms with Crippen LogP contribution in [0.15, 0.2) is 41.2 Å². The SMILES string of the molecule is Cc1cc(=O)n2nc(COC(=O)/C=C/c3ccccc3[N+](=O)[O-])sc2n1. The van der Waals surface area contributed by atoms with Crippen molar-refractivity contribution in [2.24, 2.45) is 0 Å². The quantitative estimate of drug-likeness (QED) is 0.291. The molecule has 3 aromatic rings. The predicted molar refractivity (Wildman–Crippen MR) is 93.8 cm³/mol. The van der Waals surface area contributed by atoms with Gasteiger partial charge in [0.2, 0.25) is 4.96 Å². The first-order chi connectivity index (χ1) is 12.4. The lowest BCUT2D eigenvalue weighted by molar-refractivity contribution is -0.385. The largest absolute Gasteiger partial charge is 0.455 e. The van der Waals surface area contributed by atoms with Crippen molar-refractivity contribution in [3.63, 3.8) is 0 Å². The van der Waals surface area contributed by atoms with Gasteiger partial charge in [0.1, 0.15) is 6.61 Å². The summed E-state index contributed by atoms with van der Waals surface area (Å²) < 4.78 is 6.20. The lowest BCUT2D eigenvalue weighted by atomic mass is 10.1. The summed E-state index contributed by atoms with van der Waals surface area (Å²) in [7, 11) is 0. The second-order valence-electron chi connectivity index (χ2n) is 5.18. The van der Waals surface area contributed by atoms with Crippen LogP contribution in [-0.2, 0) is 16.1 Å². The number of esters is 1. The fourth-order valence-electron chi connectivity index (χ4n) is 2.15. The number of benzene rings is 1. The number of nitro groups is 1. The molecular formula is C16H12N4O5S. The van der Waals surface area contributed by atoms with Crippen molar-refractivity contribution in [3.05, 3.63) is 73.1 Å². The van der Waals surface area contributed by atoms with Crippen LogP contribution in [0.25, 0.3) is 11.0 Å². The Morgan fingerprint density at radius 1 is 1.42 bits per heavy atom. The number of rotatable bonds is 5. The minimum atomic E-state index is -0.682. The summed E-state index contributed by atoms with van der Waals surface area (Å²) in [6.45, 7) is 1.57. The van der Waals surface area contributed by atoms with Gasteiger partial charge in [-0.1, -0.05) is 23.5 Å². The van der Waals surface area contributed by atoms with E-state index < -0.39 is 10.9 Å². The third kappa shape index (κ3) is 3.81. The van der Waals surface area contributed by atoms with E-state index in [0.29, 0.717) is 21.2 Å². The number of fused-ring (bicyclic) bond motifs is 1. The first-order valence-electron chi connectivity index (χ1n) is 7.39. The third-order valence-electron chi connectivity index (χ3n) is 3.29. The van der Waals surface area contributed by atoms with Gasteiger partial charge < -0.3 is 4.74 Å². The van der Waals surface area contributed by atoms with Gasteiger partial charge in [0.25, 0.3) is 11.2 Å². The minimum absolute atomic E-state index is 0.108. The topological polar surface area (TPSA) is 117 Å². The van der Waals surface area contributed by atoms with Crippen molar-refractivity contribution in [1.82, 2.24) is 14.6 Å². The second kappa shape index (κ2) is 7.23. The van der Waals surface area contributed by atoms with E-state index in [1.54, 1.807) is 19.1 Å². The normalized spacial score (nSPS) is 11.1. The van der Waals surface area contributed by atoms with Gasteiger partial charge in [0.05, 0.1) is 10.5 Å². The van der Waals surface area contributed by atoms with Gasteiger partial charge in [0, 0.05) is 23.9 Å². The van der Waals surface area contributed by atoms with E-state index in [-0.39, 0.29) is 17.9 Å². The zero-order valence-corrected chi connectivity index (χ0v) is 14.3. The van der Waals surface area contributed by atoms with Crippen LogP contribution in [0.5, 0.6) is 0 Å². The highest BCUT2D eigenvalue weighted by Crippen LogP contribution is 2.19. The maximum absolute atomic E-state index is 11.8. The number of ether oxygens (including phenoxy) is 1. The Bertz CT molecular complexity index is 1090. The molecule has 2 aromatic heterocycles. The molecule has 0 saturated carbocycles. The zero-order chi connectivity index (χ0) is 18.7. The van der Waals surface area contributed by atoms with Gasteiger partial charge >= 0.3 is 5.97 Å². The van der Waals surface area contributed by atoms with Crippen LogP contribution < -0.4 is 5.56 Å². The van der Waals surface area contributed by atoms with Crippen molar-refractivity contribution < 1.29 is 14.5 Å². The molecule has 2 heterocycles. The lowest BCUT2D eigenvalue weighted by Gasteiger charge is -1.98. The molecule has 0 N–H and O–H groups in total. The van der Waals surface area contributed by atoms with Crippen LogP contribution >= 0.6 is 11.3 Å². The Hall–Kier alpha value is -3.40. The fraction of sp³-hybridized carbons (Fsp3) is 0.125. The molecule has 0 amide bonds. The van der Waals surface area contributed by atoms with Crippen LogP contribution in [0.3, 0.4) is 0 Å². The maximum Gasteiger partial charge on any atom is 0.331 e. The molecule has 26 heavy (non-hydrogen) atoms. The van der Waals surface area contributed by atoms with E-state index in [1.165, 1.54) is 24.3 Å². The molecule has 132 valence electrons. The first-order valence-corrected chi connectivity index (χ1v) is 8.20. The molecule has 0 aliphatic rings. The number of hydrogen-bond donors (Lipinski definition) is 0. The van der Waals surface area contributed by atoms with Gasteiger partial charge in [-0.2, -0.15) is 9.61 Å². The molecule has 0 fully saturated rings. The molecule has 0 spiro atoms. The summed E-state index contributed by atoms with van der Waals surface area (Å²) in [5, 5.41) is 15.4. The molecule has 0 bridgehead atoms. The molecule has 0 unspecified atom stereocenters. The molecule has 0 aliphatic heterocycles. The highest BCUT2D eigenvalue weighted by molar-refractivity contribution is 7.16. The summed E-state index contributed by atoms with van der Waals surface area (Å²) in [4.78, 5) is 38.6. The summed E-state index contributed by atoms with van der Waals surface area (Å²) >= 11 is 1.14. The van der Waals surface area contributed by atoms with Gasteiger partial charge in [0.15, 0.2) is 5.01 Å². The molecule has 0 atom stereocenters. The summed E-state index contributed by atoms with van der Waals surface area (Å²) in [6.07, 6.45) is 2.42. The minimum Gasteiger partial charge on any atom is -0.455 e. The Morgan fingerprint density at radius 3 is 2.96 bits per heavy atom. The van der Waals surface area contributed by atoms with Crippen LogP contribution in [0.4, 0.5) is 5.69 Å². The average molecular weight is 372 g/mol. The first kappa shape index (κ1) is 17.4. The van der Waals surface area contributed by atoms with E-state index in [0.717, 1.165) is 21.9 Å². The van der Waals surface area contributed by atoms with Gasteiger partial charge in [-0.05, 0) is 19.1 Å². The monoisotopic (exact) mass is 372 g/mol.